The number of ether oxygens (including phenoxy) is 1. The van der Waals surface area contributed by atoms with Crippen LogP contribution in [0.4, 0.5) is 5.82 Å². The lowest BCUT2D eigenvalue weighted by atomic mass is 10.1. The van der Waals surface area contributed by atoms with Crippen LogP contribution < -0.4 is 11.1 Å². The van der Waals surface area contributed by atoms with E-state index in [0.29, 0.717) is 12.4 Å². The summed E-state index contributed by atoms with van der Waals surface area (Å²) in [5.74, 6) is 0.125. The number of nitrogens with zero attached hydrogens (tertiary/aromatic N) is 1. The highest BCUT2D eigenvalue weighted by Crippen LogP contribution is 2.16. The number of halogens is 1. The van der Waals surface area contributed by atoms with Crippen molar-refractivity contribution in [2.45, 2.75) is 25.9 Å². The maximum Gasteiger partial charge on any atom is 0.325 e. The van der Waals surface area contributed by atoms with Crippen LogP contribution in [0.15, 0.2) is 16.7 Å². The van der Waals surface area contributed by atoms with Gasteiger partial charge in [-0.2, -0.15) is 0 Å². The number of methoxy groups -OCH3 is 1. The van der Waals surface area contributed by atoms with E-state index >= 15 is 0 Å². The first-order chi connectivity index (χ1) is 7.86. The van der Waals surface area contributed by atoms with Gasteiger partial charge < -0.3 is 10.5 Å². The molecule has 94 valence electrons. The quantitative estimate of drug-likeness (QED) is 0.824. The molecule has 0 aliphatic carbocycles. The van der Waals surface area contributed by atoms with Crippen LogP contribution in [0.3, 0.4) is 0 Å². The monoisotopic (exact) mass is 301 g/mol. The molecule has 0 aliphatic heterocycles. The van der Waals surface area contributed by atoms with Crippen LogP contribution in [0.5, 0.6) is 0 Å². The number of nitrogens with two attached hydrogens (primary N) is 1. The van der Waals surface area contributed by atoms with Crippen LogP contribution in [0.25, 0.3) is 0 Å². The zero-order valence-electron chi connectivity index (χ0n) is 10.1. The number of anilines is 1. The summed E-state index contributed by atoms with van der Waals surface area (Å²) in [6.45, 7) is 3.95. The molecule has 0 atom stereocenters. The van der Waals surface area contributed by atoms with Gasteiger partial charge in [-0.1, -0.05) is 0 Å². The molecule has 0 amide bonds. The Labute approximate surface area is 109 Å². The zero-order valence-corrected chi connectivity index (χ0v) is 11.7. The molecule has 5 nitrogen and oxygen atoms in total. The van der Waals surface area contributed by atoms with Gasteiger partial charge in [-0.3, -0.25) is 10.1 Å². The second-order valence-electron chi connectivity index (χ2n) is 4.17. The molecule has 0 radical (unpaired) electrons. The summed E-state index contributed by atoms with van der Waals surface area (Å²) < 4.78 is 5.55. The Kier molecular flexibility index (Phi) is 4.47. The summed E-state index contributed by atoms with van der Waals surface area (Å²) in [7, 11) is 1.36. The van der Waals surface area contributed by atoms with Gasteiger partial charge in [0, 0.05) is 22.8 Å². The number of pyridine rings is 1. The predicted molar refractivity (Wildman–Crippen MR) is 69.3 cm³/mol. The first-order valence-corrected chi connectivity index (χ1v) is 5.89. The van der Waals surface area contributed by atoms with E-state index in [9.17, 15) is 4.79 Å². The maximum atomic E-state index is 11.5. The van der Waals surface area contributed by atoms with Gasteiger partial charge >= 0.3 is 5.97 Å². The highest BCUT2D eigenvalue weighted by molar-refractivity contribution is 9.10. The van der Waals surface area contributed by atoms with Gasteiger partial charge in [0.25, 0.3) is 0 Å². The Morgan fingerprint density at radius 3 is 2.88 bits per heavy atom. The maximum absolute atomic E-state index is 11.5. The van der Waals surface area contributed by atoms with Crippen molar-refractivity contribution in [2.24, 2.45) is 0 Å². The number of aromatic nitrogens is 1. The van der Waals surface area contributed by atoms with Crippen molar-refractivity contribution in [3.05, 3.63) is 22.3 Å². The second-order valence-corrected chi connectivity index (χ2v) is 5.08. The lowest BCUT2D eigenvalue weighted by Gasteiger charge is -2.23. The minimum absolute atomic E-state index is 0.320. The number of nitrogen functional groups attached to an aromatic ring is 1. The molecule has 0 bridgehead atoms. The Balaban J connectivity index is 2.73. The van der Waals surface area contributed by atoms with E-state index in [-0.39, 0.29) is 5.97 Å². The number of carbonyl (C=O) groups excluding carboxylic acids is 1. The third-order valence-electron chi connectivity index (χ3n) is 2.38. The molecule has 0 spiro atoms. The number of carbonyl (C=O) groups is 1. The molecular weight excluding hydrogens is 286 g/mol. The van der Waals surface area contributed by atoms with Crippen LogP contribution in [-0.2, 0) is 16.1 Å². The SMILES string of the molecule is COC(=O)C(C)(C)NCc1cc(Br)cnc1N. The zero-order chi connectivity index (χ0) is 13.1. The number of hydrogen-bond donors (Lipinski definition) is 2. The highest BCUT2D eigenvalue weighted by Gasteiger charge is 2.27. The number of esters is 1. The molecule has 0 saturated heterocycles. The third-order valence-corrected chi connectivity index (χ3v) is 2.82. The fraction of sp³-hybridized carbons (Fsp3) is 0.455. The third kappa shape index (κ3) is 3.67. The molecule has 3 N–H and O–H groups in total. The minimum Gasteiger partial charge on any atom is -0.468 e. The van der Waals surface area contributed by atoms with Gasteiger partial charge in [0.1, 0.15) is 11.4 Å². The molecular formula is C11H16BrN3O2. The largest absolute Gasteiger partial charge is 0.468 e. The molecule has 1 aromatic rings. The topological polar surface area (TPSA) is 77.2 Å². The van der Waals surface area contributed by atoms with Crippen LogP contribution in [0.2, 0.25) is 0 Å². The molecule has 1 heterocycles. The first kappa shape index (κ1) is 13.9. The Hall–Kier alpha value is -1.14. The van der Waals surface area contributed by atoms with E-state index in [1.165, 1.54) is 7.11 Å². The molecule has 1 rings (SSSR count). The van der Waals surface area contributed by atoms with Gasteiger partial charge in [-0.15, -0.1) is 0 Å². The van der Waals surface area contributed by atoms with Gasteiger partial charge in [0.05, 0.1) is 7.11 Å². The lowest BCUT2D eigenvalue weighted by Crippen LogP contribution is -2.47. The molecule has 0 unspecified atom stereocenters. The van der Waals surface area contributed by atoms with E-state index in [2.05, 4.69) is 26.2 Å². The van der Waals surface area contributed by atoms with Gasteiger partial charge in [-0.25, -0.2) is 4.98 Å². The van der Waals surface area contributed by atoms with Crippen LogP contribution in [-0.4, -0.2) is 23.6 Å². The molecule has 17 heavy (non-hydrogen) atoms. The lowest BCUT2D eigenvalue weighted by molar-refractivity contribution is -0.147. The highest BCUT2D eigenvalue weighted by atomic mass is 79.9. The number of hydrogen-bond acceptors (Lipinski definition) is 5. The number of rotatable bonds is 4. The van der Waals surface area contributed by atoms with Crippen molar-refractivity contribution >= 4 is 27.7 Å². The molecule has 0 fully saturated rings. The van der Waals surface area contributed by atoms with Crippen LogP contribution in [0, 0.1) is 0 Å². The van der Waals surface area contributed by atoms with E-state index < -0.39 is 5.54 Å². The Morgan fingerprint density at radius 2 is 2.29 bits per heavy atom. The average molecular weight is 302 g/mol. The van der Waals surface area contributed by atoms with Gasteiger partial charge in [0.2, 0.25) is 0 Å². The molecule has 6 heteroatoms. The summed E-state index contributed by atoms with van der Waals surface area (Å²) in [6, 6.07) is 1.86. The molecule has 0 aromatic carbocycles. The fourth-order valence-corrected chi connectivity index (χ4v) is 1.66. The second kappa shape index (κ2) is 5.46. The van der Waals surface area contributed by atoms with Crippen LogP contribution in [0.1, 0.15) is 19.4 Å². The van der Waals surface area contributed by atoms with E-state index in [1.807, 2.05) is 6.07 Å². The van der Waals surface area contributed by atoms with Gasteiger partial charge in [0.15, 0.2) is 0 Å². The fourth-order valence-electron chi connectivity index (χ4n) is 1.28. The number of nitrogens with one attached hydrogen (secondary N) is 1. The molecule has 1 aromatic heterocycles. The minimum atomic E-state index is -0.760. The van der Waals surface area contributed by atoms with E-state index in [4.69, 9.17) is 10.5 Å². The predicted octanol–water partition coefficient (Wildman–Crippen LogP) is 1.47. The molecule has 0 aliphatic rings. The van der Waals surface area contributed by atoms with Crippen molar-refractivity contribution in [2.75, 3.05) is 12.8 Å². The average Bonchev–Trinajstić information content (AvgIpc) is 2.29. The van der Waals surface area contributed by atoms with Crippen molar-refractivity contribution < 1.29 is 9.53 Å². The van der Waals surface area contributed by atoms with E-state index in [0.717, 1.165) is 10.0 Å². The summed E-state index contributed by atoms with van der Waals surface area (Å²) in [5, 5.41) is 3.08. The van der Waals surface area contributed by atoms with Crippen molar-refractivity contribution in [3.63, 3.8) is 0 Å². The van der Waals surface area contributed by atoms with Crippen molar-refractivity contribution in [1.29, 1.82) is 0 Å². The Bertz CT molecular complexity index is 421. The van der Waals surface area contributed by atoms with Crippen LogP contribution >= 0.6 is 15.9 Å². The normalized spacial score (nSPS) is 11.3. The molecule has 0 saturated carbocycles. The van der Waals surface area contributed by atoms with Crippen molar-refractivity contribution in [1.82, 2.24) is 10.3 Å². The standard InChI is InChI=1S/C11H16BrN3O2/c1-11(2,10(16)17-3)15-5-7-4-8(12)6-14-9(7)13/h4,6,15H,5H2,1-3H3,(H2,13,14). The summed E-state index contributed by atoms with van der Waals surface area (Å²) >= 11 is 3.32. The smallest absolute Gasteiger partial charge is 0.325 e. The van der Waals surface area contributed by atoms with Gasteiger partial charge in [-0.05, 0) is 35.8 Å². The van der Waals surface area contributed by atoms with E-state index in [1.54, 1.807) is 20.0 Å². The summed E-state index contributed by atoms with van der Waals surface area (Å²) in [4.78, 5) is 15.5. The van der Waals surface area contributed by atoms with Crippen molar-refractivity contribution in [3.8, 4) is 0 Å². The Morgan fingerprint density at radius 1 is 1.65 bits per heavy atom. The summed E-state index contributed by atoms with van der Waals surface area (Å²) in [6.07, 6.45) is 1.63. The summed E-state index contributed by atoms with van der Waals surface area (Å²) in [5.41, 5.74) is 5.81. The first-order valence-electron chi connectivity index (χ1n) is 5.10.